The molecule has 2 heterocycles. The topological polar surface area (TPSA) is 137 Å². The Morgan fingerprint density at radius 1 is 0.857 bits per heavy atom. The highest BCUT2D eigenvalue weighted by Crippen LogP contribution is 2.27. The minimum absolute atomic E-state index is 0. The Labute approximate surface area is 222 Å². The monoisotopic (exact) mass is 568 g/mol. The Morgan fingerprint density at radius 3 is 1.97 bits per heavy atom. The minimum atomic E-state index is -0.646. The maximum Gasteiger partial charge on any atom is 0.358 e. The van der Waals surface area contributed by atoms with Crippen LogP contribution in [-0.2, 0) is 32.2 Å². The lowest BCUT2D eigenvalue weighted by molar-refractivity contribution is -0.110. The SMILES string of the molecule is C.CCOC(=O)c1cc(Cl)c(Cl)c(CNC=O)n1.CCOC(=O)c1nc(CNC=O)cc(Cl)c1Cl. The van der Waals surface area contributed by atoms with Gasteiger partial charge in [-0.1, -0.05) is 53.8 Å². The summed E-state index contributed by atoms with van der Waals surface area (Å²) < 4.78 is 9.58. The summed E-state index contributed by atoms with van der Waals surface area (Å²) in [6.07, 6.45) is 1.02. The van der Waals surface area contributed by atoms with E-state index >= 15 is 0 Å². The van der Waals surface area contributed by atoms with Gasteiger partial charge in [-0.3, -0.25) is 9.59 Å². The normalized spacial score (nSPS) is 9.54. The Bertz CT molecular complexity index is 1040. The Balaban J connectivity index is 0.000000642. The molecule has 14 heteroatoms. The van der Waals surface area contributed by atoms with Crippen molar-refractivity contribution in [3.8, 4) is 0 Å². The van der Waals surface area contributed by atoms with E-state index in [1.54, 1.807) is 13.8 Å². The molecule has 2 aromatic heterocycles. The second-order valence-electron chi connectivity index (χ2n) is 5.95. The van der Waals surface area contributed by atoms with Crippen LogP contribution in [0.3, 0.4) is 0 Å². The van der Waals surface area contributed by atoms with Crippen LogP contribution in [0.5, 0.6) is 0 Å². The molecule has 0 aromatic carbocycles. The van der Waals surface area contributed by atoms with Crippen LogP contribution in [-0.4, -0.2) is 47.9 Å². The van der Waals surface area contributed by atoms with Gasteiger partial charge in [0, 0.05) is 0 Å². The molecule has 0 spiro atoms. The fraction of sp³-hybridized carbons (Fsp3) is 0.333. The molecule has 0 fully saturated rings. The molecule has 0 saturated carbocycles. The predicted octanol–water partition coefficient (Wildman–Crippen LogP) is 4.26. The highest BCUT2D eigenvalue weighted by atomic mass is 35.5. The van der Waals surface area contributed by atoms with Crippen LogP contribution in [0.4, 0.5) is 0 Å². The smallest absolute Gasteiger partial charge is 0.358 e. The molecule has 0 aliphatic rings. The molecule has 2 aromatic rings. The fourth-order valence-electron chi connectivity index (χ4n) is 2.23. The number of pyridine rings is 2. The minimum Gasteiger partial charge on any atom is -0.461 e. The van der Waals surface area contributed by atoms with E-state index in [1.165, 1.54) is 12.1 Å². The van der Waals surface area contributed by atoms with Crippen molar-refractivity contribution in [3.63, 3.8) is 0 Å². The van der Waals surface area contributed by atoms with E-state index < -0.39 is 11.9 Å². The van der Waals surface area contributed by atoms with Gasteiger partial charge in [-0.15, -0.1) is 0 Å². The van der Waals surface area contributed by atoms with Gasteiger partial charge in [-0.05, 0) is 26.0 Å². The first-order valence-electron chi connectivity index (χ1n) is 9.58. The third-order valence-corrected chi connectivity index (χ3v) is 5.21. The maximum atomic E-state index is 11.5. The molecular weight excluding hydrogens is 546 g/mol. The number of amides is 2. The van der Waals surface area contributed by atoms with Gasteiger partial charge in [-0.25, -0.2) is 19.6 Å². The molecule has 0 unspecified atom stereocenters. The fourth-order valence-corrected chi connectivity index (χ4v) is 3.00. The van der Waals surface area contributed by atoms with Crippen molar-refractivity contribution in [2.45, 2.75) is 34.4 Å². The second kappa shape index (κ2) is 16.9. The van der Waals surface area contributed by atoms with E-state index in [0.29, 0.717) is 24.2 Å². The molecule has 2 N–H and O–H groups in total. The highest BCUT2D eigenvalue weighted by molar-refractivity contribution is 6.43. The van der Waals surface area contributed by atoms with Crippen molar-refractivity contribution >= 4 is 71.2 Å². The van der Waals surface area contributed by atoms with Crippen LogP contribution in [0.15, 0.2) is 12.1 Å². The molecule has 0 radical (unpaired) electrons. The standard InChI is InChI=1S/2C10H10Cl2N2O3.CH4/c1-2-17-10(16)7-3-6(11)9(12)8(14-7)4-13-5-15;1-2-17-10(16)9-8(12)7(11)3-6(14-9)4-13-5-15;/h2*3,5H,2,4H2,1H3,(H,13,15);1H4. The van der Waals surface area contributed by atoms with Gasteiger partial charge in [0.15, 0.2) is 5.69 Å². The van der Waals surface area contributed by atoms with Crippen molar-refractivity contribution in [1.82, 2.24) is 20.6 Å². The summed E-state index contributed by atoms with van der Waals surface area (Å²) in [7, 11) is 0. The van der Waals surface area contributed by atoms with Crippen LogP contribution in [0, 0.1) is 0 Å². The predicted molar refractivity (Wildman–Crippen MR) is 133 cm³/mol. The third kappa shape index (κ3) is 10.2. The molecule has 0 bridgehead atoms. The lowest BCUT2D eigenvalue weighted by atomic mass is 10.3. The number of nitrogens with one attached hydrogen (secondary N) is 2. The van der Waals surface area contributed by atoms with Crippen molar-refractivity contribution in [1.29, 1.82) is 0 Å². The van der Waals surface area contributed by atoms with Gasteiger partial charge >= 0.3 is 11.9 Å². The van der Waals surface area contributed by atoms with Crippen molar-refractivity contribution in [2.24, 2.45) is 0 Å². The molecule has 10 nitrogen and oxygen atoms in total. The summed E-state index contributed by atoms with van der Waals surface area (Å²) in [6, 6.07) is 2.80. The van der Waals surface area contributed by atoms with Gasteiger partial charge in [0.2, 0.25) is 12.8 Å². The van der Waals surface area contributed by atoms with E-state index in [9.17, 15) is 19.2 Å². The van der Waals surface area contributed by atoms with Crippen molar-refractivity contribution in [3.05, 3.63) is 55.0 Å². The van der Waals surface area contributed by atoms with Crippen LogP contribution in [0.1, 0.15) is 53.6 Å². The lowest BCUT2D eigenvalue weighted by Crippen LogP contribution is -2.15. The summed E-state index contributed by atoms with van der Waals surface area (Å²) in [5.74, 6) is -1.23. The molecule has 0 aliphatic heterocycles. The Kier molecular flexibility index (Phi) is 15.6. The van der Waals surface area contributed by atoms with E-state index in [2.05, 4.69) is 20.6 Å². The molecule has 2 amide bonds. The first-order valence-corrected chi connectivity index (χ1v) is 11.1. The number of aromatic nitrogens is 2. The van der Waals surface area contributed by atoms with Crippen LogP contribution >= 0.6 is 46.4 Å². The highest BCUT2D eigenvalue weighted by Gasteiger charge is 2.18. The molecule has 0 saturated heterocycles. The average molecular weight is 570 g/mol. The van der Waals surface area contributed by atoms with Crippen molar-refractivity contribution in [2.75, 3.05) is 13.2 Å². The van der Waals surface area contributed by atoms with Gasteiger partial charge in [0.05, 0.1) is 57.8 Å². The number of ether oxygens (including phenoxy) is 2. The summed E-state index contributed by atoms with van der Waals surface area (Å²) in [4.78, 5) is 51.3. The van der Waals surface area contributed by atoms with Gasteiger partial charge in [0.1, 0.15) is 5.69 Å². The van der Waals surface area contributed by atoms with Gasteiger partial charge < -0.3 is 20.1 Å². The summed E-state index contributed by atoms with van der Waals surface area (Å²) in [5.41, 5.74) is 0.747. The Hall–Kier alpha value is -2.66. The number of nitrogens with zero attached hydrogens (tertiary/aromatic N) is 2. The Morgan fingerprint density at radius 2 is 1.40 bits per heavy atom. The largest absolute Gasteiger partial charge is 0.461 e. The number of rotatable bonds is 10. The quantitative estimate of drug-likeness (QED) is 0.320. The van der Waals surface area contributed by atoms with Crippen LogP contribution < -0.4 is 10.6 Å². The molecule has 0 atom stereocenters. The number of carbonyl (C=O) groups is 4. The number of esters is 2. The zero-order chi connectivity index (χ0) is 25.7. The van der Waals surface area contributed by atoms with Gasteiger partial charge in [0.25, 0.3) is 0 Å². The average Bonchev–Trinajstić information content (AvgIpc) is 2.81. The summed E-state index contributed by atoms with van der Waals surface area (Å²) >= 11 is 23.4. The van der Waals surface area contributed by atoms with E-state index in [-0.39, 0.29) is 65.2 Å². The maximum absolute atomic E-state index is 11.5. The molecule has 35 heavy (non-hydrogen) atoms. The molecule has 0 aliphatic carbocycles. The summed E-state index contributed by atoms with van der Waals surface area (Å²) in [6.45, 7) is 4.06. The first kappa shape index (κ1) is 32.3. The van der Waals surface area contributed by atoms with Crippen LogP contribution in [0.25, 0.3) is 0 Å². The van der Waals surface area contributed by atoms with E-state index in [1.807, 2.05) is 0 Å². The molecular formula is C21H24Cl4N4O6. The number of hydrogen-bond donors (Lipinski definition) is 2. The van der Waals surface area contributed by atoms with Gasteiger partial charge in [-0.2, -0.15) is 0 Å². The lowest BCUT2D eigenvalue weighted by Gasteiger charge is -2.07. The number of hydrogen-bond acceptors (Lipinski definition) is 8. The zero-order valence-electron chi connectivity index (χ0n) is 18.0. The molecule has 2 rings (SSSR count). The zero-order valence-corrected chi connectivity index (χ0v) is 21.0. The third-order valence-electron chi connectivity index (χ3n) is 3.62. The number of halogens is 4. The number of carbonyl (C=O) groups excluding carboxylic acids is 4. The van der Waals surface area contributed by atoms with Crippen LogP contribution in [0.2, 0.25) is 20.1 Å². The first-order chi connectivity index (χ1) is 16.2. The van der Waals surface area contributed by atoms with Crippen molar-refractivity contribution < 1.29 is 28.7 Å². The van der Waals surface area contributed by atoms with E-state index in [0.717, 1.165) is 0 Å². The van der Waals surface area contributed by atoms with E-state index in [4.69, 9.17) is 55.9 Å². The second-order valence-corrected chi connectivity index (χ2v) is 7.52. The summed E-state index contributed by atoms with van der Waals surface area (Å²) in [5, 5.41) is 5.42. The molecule has 192 valence electrons.